The maximum absolute atomic E-state index is 5.65. The summed E-state index contributed by atoms with van der Waals surface area (Å²) in [5, 5.41) is 1.10. The van der Waals surface area contributed by atoms with Gasteiger partial charge in [0.2, 0.25) is 5.75 Å². The second-order valence-electron chi connectivity index (χ2n) is 5.37. The molecule has 0 heterocycles. The van der Waals surface area contributed by atoms with Gasteiger partial charge in [-0.1, -0.05) is 40.9 Å². The van der Waals surface area contributed by atoms with Gasteiger partial charge in [0.1, 0.15) is 0 Å². The highest BCUT2D eigenvalue weighted by atomic mass is 79.9. The summed E-state index contributed by atoms with van der Waals surface area (Å²) in [5.41, 5.74) is 1.01. The van der Waals surface area contributed by atoms with Gasteiger partial charge >= 0.3 is 0 Å². The lowest BCUT2D eigenvalue weighted by Gasteiger charge is -2.12. The Labute approximate surface area is 154 Å². The minimum absolute atomic E-state index is 0.611. The summed E-state index contributed by atoms with van der Waals surface area (Å²) >= 11 is 3.44. The van der Waals surface area contributed by atoms with E-state index in [0.717, 1.165) is 36.9 Å². The van der Waals surface area contributed by atoms with Crippen molar-refractivity contribution in [3.8, 4) is 17.2 Å². The number of ether oxygens (including phenoxy) is 4. The van der Waals surface area contributed by atoms with Crippen molar-refractivity contribution in [3.63, 3.8) is 0 Å². The molecule has 0 saturated heterocycles. The molecule has 1 aromatic carbocycles. The second-order valence-corrected chi connectivity index (χ2v) is 6.16. The van der Waals surface area contributed by atoms with Crippen molar-refractivity contribution < 1.29 is 18.9 Å². The molecule has 0 radical (unpaired) electrons. The summed E-state index contributed by atoms with van der Waals surface area (Å²) in [5.74, 6) is 1.94. The standard InChI is InChI=1S/C19H29BrO4/c1-21-17-14-16(15-18(22-2)19(17)23-3)10-6-9-13-24-12-8-5-4-7-11-20/h6,10,14-15H,4-5,7-9,11-13H2,1-3H3/b10-6+. The van der Waals surface area contributed by atoms with E-state index in [4.69, 9.17) is 18.9 Å². The van der Waals surface area contributed by atoms with Crippen LogP contribution in [0.25, 0.3) is 6.08 Å². The number of methoxy groups -OCH3 is 3. The van der Waals surface area contributed by atoms with Crippen LogP contribution in [0.1, 0.15) is 37.7 Å². The molecule has 1 rings (SSSR count). The smallest absolute Gasteiger partial charge is 0.203 e. The SMILES string of the molecule is COc1cc(/C=C/CCOCCCCCCBr)cc(OC)c1OC. The molecule has 0 aliphatic rings. The Morgan fingerprint density at radius 1 is 0.875 bits per heavy atom. The Bertz CT molecular complexity index is 463. The van der Waals surface area contributed by atoms with Gasteiger partial charge in [0, 0.05) is 11.9 Å². The van der Waals surface area contributed by atoms with E-state index in [1.54, 1.807) is 21.3 Å². The van der Waals surface area contributed by atoms with Gasteiger partial charge < -0.3 is 18.9 Å². The van der Waals surface area contributed by atoms with Crippen LogP contribution in [-0.4, -0.2) is 39.9 Å². The quantitative estimate of drug-likeness (QED) is 0.341. The van der Waals surface area contributed by atoms with Crippen molar-refractivity contribution in [3.05, 3.63) is 23.8 Å². The number of hydrogen-bond donors (Lipinski definition) is 0. The fraction of sp³-hybridized carbons (Fsp3) is 0.579. The molecule has 0 aliphatic carbocycles. The predicted molar refractivity (Wildman–Crippen MR) is 103 cm³/mol. The fourth-order valence-electron chi connectivity index (χ4n) is 2.32. The summed E-state index contributed by atoms with van der Waals surface area (Å²) in [7, 11) is 4.85. The monoisotopic (exact) mass is 400 g/mol. The Morgan fingerprint density at radius 3 is 2.12 bits per heavy atom. The van der Waals surface area contributed by atoms with Crippen molar-refractivity contribution in [2.24, 2.45) is 0 Å². The first kappa shape index (κ1) is 20.8. The average molecular weight is 401 g/mol. The van der Waals surface area contributed by atoms with Gasteiger partial charge in [0.25, 0.3) is 0 Å². The largest absolute Gasteiger partial charge is 0.493 e. The first-order valence-electron chi connectivity index (χ1n) is 8.37. The highest BCUT2D eigenvalue weighted by Crippen LogP contribution is 2.38. The van der Waals surface area contributed by atoms with Gasteiger partial charge in [-0.25, -0.2) is 0 Å². The molecule has 0 atom stereocenters. The van der Waals surface area contributed by atoms with E-state index in [2.05, 4.69) is 22.0 Å². The van der Waals surface area contributed by atoms with Gasteiger partial charge in [-0.2, -0.15) is 0 Å². The molecule has 0 N–H and O–H groups in total. The third-order valence-corrected chi connectivity index (χ3v) is 4.16. The van der Waals surface area contributed by atoms with Crippen LogP contribution in [0.5, 0.6) is 17.2 Å². The first-order valence-corrected chi connectivity index (χ1v) is 9.49. The minimum atomic E-state index is 0.611. The summed E-state index contributed by atoms with van der Waals surface area (Å²) in [4.78, 5) is 0. The summed E-state index contributed by atoms with van der Waals surface area (Å²) in [6.45, 7) is 1.60. The molecular weight excluding hydrogens is 372 g/mol. The van der Waals surface area contributed by atoms with Crippen LogP contribution in [0.15, 0.2) is 18.2 Å². The Balaban J connectivity index is 2.37. The molecule has 0 bridgehead atoms. The molecule has 136 valence electrons. The van der Waals surface area contributed by atoms with Crippen molar-refractivity contribution in [1.29, 1.82) is 0 Å². The molecule has 0 aliphatic heterocycles. The zero-order valence-corrected chi connectivity index (χ0v) is 16.6. The van der Waals surface area contributed by atoms with Gasteiger partial charge in [-0.3, -0.25) is 0 Å². The summed E-state index contributed by atoms with van der Waals surface area (Å²) < 4.78 is 21.7. The highest BCUT2D eigenvalue weighted by Gasteiger charge is 2.11. The third-order valence-electron chi connectivity index (χ3n) is 3.60. The van der Waals surface area contributed by atoms with E-state index in [1.807, 2.05) is 18.2 Å². The van der Waals surface area contributed by atoms with Crippen LogP contribution < -0.4 is 14.2 Å². The highest BCUT2D eigenvalue weighted by molar-refractivity contribution is 9.09. The normalized spacial score (nSPS) is 11.0. The topological polar surface area (TPSA) is 36.9 Å². The van der Waals surface area contributed by atoms with Crippen LogP contribution in [0.3, 0.4) is 0 Å². The number of unbranched alkanes of at least 4 members (excludes halogenated alkanes) is 3. The van der Waals surface area contributed by atoms with Gasteiger partial charge in [-0.05, 0) is 37.0 Å². The summed E-state index contributed by atoms with van der Waals surface area (Å²) in [6, 6.07) is 3.87. The third kappa shape index (κ3) is 7.58. The van der Waals surface area contributed by atoms with Crippen molar-refractivity contribution in [2.75, 3.05) is 39.9 Å². The Hall–Kier alpha value is -1.20. The van der Waals surface area contributed by atoms with E-state index in [1.165, 1.54) is 19.3 Å². The first-order chi connectivity index (χ1) is 11.8. The number of alkyl halides is 1. The van der Waals surface area contributed by atoms with Gasteiger partial charge in [-0.15, -0.1) is 0 Å². The van der Waals surface area contributed by atoms with Gasteiger partial charge in [0.15, 0.2) is 11.5 Å². The Morgan fingerprint density at radius 2 is 1.54 bits per heavy atom. The van der Waals surface area contributed by atoms with E-state index < -0.39 is 0 Å². The molecular formula is C19H29BrO4. The van der Waals surface area contributed by atoms with Crippen molar-refractivity contribution >= 4 is 22.0 Å². The molecule has 1 aromatic rings. The predicted octanol–water partition coefficient (Wildman–Crippen LogP) is 5.09. The van der Waals surface area contributed by atoms with Crippen LogP contribution in [0.2, 0.25) is 0 Å². The van der Waals surface area contributed by atoms with Crippen LogP contribution in [0.4, 0.5) is 0 Å². The minimum Gasteiger partial charge on any atom is -0.493 e. The molecule has 0 saturated carbocycles. The zero-order chi connectivity index (χ0) is 17.6. The molecule has 5 heteroatoms. The molecule has 0 unspecified atom stereocenters. The van der Waals surface area contributed by atoms with Gasteiger partial charge in [0.05, 0.1) is 27.9 Å². The second kappa shape index (κ2) is 13.1. The average Bonchev–Trinajstić information content (AvgIpc) is 2.62. The molecule has 4 nitrogen and oxygen atoms in total. The number of benzene rings is 1. The van der Waals surface area contributed by atoms with Crippen molar-refractivity contribution in [2.45, 2.75) is 32.1 Å². The van der Waals surface area contributed by atoms with Crippen molar-refractivity contribution in [1.82, 2.24) is 0 Å². The molecule has 0 amide bonds. The number of hydrogen-bond acceptors (Lipinski definition) is 4. The molecule has 24 heavy (non-hydrogen) atoms. The lowest BCUT2D eigenvalue weighted by Crippen LogP contribution is -1.96. The maximum Gasteiger partial charge on any atom is 0.203 e. The van der Waals surface area contributed by atoms with Crippen LogP contribution in [0, 0.1) is 0 Å². The molecule has 0 aromatic heterocycles. The van der Waals surface area contributed by atoms with E-state index in [9.17, 15) is 0 Å². The number of rotatable bonds is 13. The van der Waals surface area contributed by atoms with Crippen LogP contribution in [-0.2, 0) is 4.74 Å². The zero-order valence-electron chi connectivity index (χ0n) is 15.0. The maximum atomic E-state index is 5.65. The van der Waals surface area contributed by atoms with E-state index in [0.29, 0.717) is 17.2 Å². The number of halogens is 1. The van der Waals surface area contributed by atoms with E-state index >= 15 is 0 Å². The lowest BCUT2D eigenvalue weighted by atomic mass is 10.1. The fourth-order valence-corrected chi connectivity index (χ4v) is 2.72. The molecule has 0 fully saturated rings. The summed E-state index contributed by atoms with van der Waals surface area (Å²) in [6.07, 6.45) is 9.94. The lowest BCUT2D eigenvalue weighted by molar-refractivity contribution is 0.134. The van der Waals surface area contributed by atoms with Crippen LogP contribution >= 0.6 is 15.9 Å². The Kier molecular flexibility index (Phi) is 11.4. The molecule has 0 spiro atoms. The van der Waals surface area contributed by atoms with E-state index in [-0.39, 0.29) is 0 Å².